The second-order valence-electron chi connectivity index (χ2n) is 2.07. The van der Waals surface area contributed by atoms with Crippen LogP contribution in [-0.2, 0) is 0 Å². The van der Waals surface area contributed by atoms with E-state index < -0.39 is 0 Å². The van der Waals surface area contributed by atoms with Gasteiger partial charge in [-0.05, 0) is 6.92 Å². The van der Waals surface area contributed by atoms with E-state index in [-0.39, 0.29) is 5.91 Å². The normalized spacial score (nSPS) is 9.18. The van der Waals surface area contributed by atoms with Gasteiger partial charge in [0.25, 0.3) is 5.91 Å². The zero-order valence-corrected chi connectivity index (χ0v) is 6.94. The van der Waals surface area contributed by atoms with Gasteiger partial charge >= 0.3 is 0 Å². The van der Waals surface area contributed by atoms with Crippen molar-refractivity contribution in [1.29, 1.82) is 0 Å². The Balaban J connectivity index is 2.64. The maximum atomic E-state index is 11.1. The summed E-state index contributed by atoms with van der Waals surface area (Å²) >= 11 is 1.31. The fraction of sp³-hybridized carbons (Fsp3) is 0.143. The lowest BCUT2D eigenvalue weighted by molar-refractivity contribution is 0.0966. The minimum Gasteiger partial charge on any atom is -0.325 e. The van der Waals surface area contributed by atoms with Crippen molar-refractivity contribution in [2.24, 2.45) is 0 Å². The number of aromatic nitrogens is 1. The average molecular weight is 168 g/mol. The third-order valence-electron chi connectivity index (χ3n) is 0.953. The molecule has 0 atom stereocenters. The molecular weight excluding hydrogens is 160 g/mol. The molecule has 1 heterocycles. The first-order chi connectivity index (χ1) is 5.20. The lowest BCUT2D eigenvalue weighted by Crippen LogP contribution is -2.20. The summed E-state index contributed by atoms with van der Waals surface area (Å²) in [6.45, 7) is 5.28. The zero-order chi connectivity index (χ0) is 8.27. The van der Waals surface area contributed by atoms with Crippen molar-refractivity contribution in [3.63, 3.8) is 0 Å². The number of nitrogens with zero attached hydrogens (tertiary/aromatic N) is 1. The van der Waals surface area contributed by atoms with Gasteiger partial charge in [-0.3, -0.25) is 4.79 Å². The molecular formula is C7H8N2OS. The Morgan fingerprint density at radius 1 is 1.82 bits per heavy atom. The van der Waals surface area contributed by atoms with Gasteiger partial charge in [0.2, 0.25) is 0 Å². The van der Waals surface area contributed by atoms with Crippen molar-refractivity contribution >= 4 is 17.2 Å². The largest absolute Gasteiger partial charge is 0.325 e. The van der Waals surface area contributed by atoms with E-state index in [1.165, 1.54) is 11.3 Å². The van der Waals surface area contributed by atoms with Gasteiger partial charge in [-0.1, -0.05) is 6.58 Å². The summed E-state index contributed by atoms with van der Waals surface area (Å²) in [7, 11) is 0. The first kappa shape index (κ1) is 7.94. The number of amides is 1. The Morgan fingerprint density at radius 3 is 3.00 bits per heavy atom. The van der Waals surface area contributed by atoms with E-state index in [0.29, 0.717) is 10.7 Å². The Hall–Kier alpha value is -1.16. The predicted molar refractivity (Wildman–Crippen MR) is 44.4 cm³/mol. The summed E-state index contributed by atoms with van der Waals surface area (Å²) in [5.74, 6) is -0.187. The van der Waals surface area contributed by atoms with Crippen LogP contribution >= 0.6 is 11.3 Å². The van der Waals surface area contributed by atoms with E-state index in [9.17, 15) is 4.79 Å². The van der Waals surface area contributed by atoms with Gasteiger partial charge < -0.3 is 5.32 Å². The van der Waals surface area contributed by atoms with E-state index in [1.807, 2.05) is 0 Å². The molecule has 3 nitrogen and oxygen atoms in total. The molecule has 0 fully saturated rings. The van der Waals surface area contributed by atoms with Gasteiger partial charge in [0, 0.05) is 17.3 Å². The molecule has 1 N–H and O–H groups in total. The van der Waals surface area contributed by atoms with Crippen LogP contribution in [0.3, 0.4) is 0 Å². The van der Waals surface area contributed by atoms with E-state index in [1.54, 1.807) is 18.5 Å². The number of nitrogens with one attached hydrogen (secondary N) is 1. The van der Waals surface area contributed by atoms with Crippen molar-refractivity contribution in [2.45, 2.75) is 6.92 Å². The summed E-state index contributed by atoms with van der Waals surface area (Å²) in [6.07, 6.45) is 1.60. The SMILES string of the molecule is C=C(C)NC(=O)c1nccs1. The Labute approximate surface area is 68.8 Å². The van der Waals surface area contributed by atoms with Crippen LogP contribution in [0.1, 0.15) is 16.7 Å². The van der Waals surface area contributed by atoms with Crippen LogP contribution < -0.4 is 5.32 Å². The summed E-state index contributed by atoms with van der Waals surface area (Å²) < 4.78 is 0. The van der Waals surface area contributed by atoms with Gasteiger partial charge in [0.15, 0.2) is 5.01 Å². The molecule has 0 spiro atoms. The Kier molecular flexibility index (Phi) is 2.38. The number of carbonyl (C=O) groups is 1. The Bertz CT molecular complexity index is 266. The minimum atomic E-state index is -0.187. The first-order valence-corrected chi connectivity index (χ1v) is 3.94. The first-order valence-electron chi connectivity index (χ1n) is 3.06. The van der Waals surface area contributed by atoms with Gasteiger partial charge in [0.1, 0.15) is 0 Å². The van der Waals surface area contributed by atoms with Crippen molar-refractivity contribution in [3.8, 4) is 0 Å². The fourth-order valence-electron chi connectivity index (χ4n) is 0.583. The van der Waals surface area contributed by atoms with Gasteiger partial charge in [0.05, 0.1) is 0 Å². The molecule has 0 saturated heterocycles. The fourth-order valence-corrected chi connectivity index (χ4v) is 1.11. The smallest absolute Gasteiger partial charge is 0.284 e. The van der Waals surface area contributed by atoms with Crippen LogP contribution in [0.15, 0.2) is 23.9 Å². The van der Waals surface area contributed by atoms with Crippen LogP contribution in [0.25, 0.3) is 0 Å². The highest BCUT2D eigenvalue weighted by molar-refractivity contribution is 7.11. The standard InChI is InChI=1S/C7H8N2OS/c1-5(2)9-6(10)7-8-3-4-11-7/h3-4H,1H2,2H3,(H,9,10). The van der Waals surface area contributed by atoms with Gasteiger partial charge in [-0.25, -0.2) is 4.98 Å². The second-order valence-corrected chi connectivity index (χ2v) is 2.97. The molecule has 1 aromatic heterocycles. The van der Waals surface area contributed by atoms with Crippen molar-refractivity contribution in [3.05, 3.63) is 28.9 Å². The molecule has 0 aliphatic carbocycles. The summed E-state index contributed by atoms with van der Waals surface area (Å²) in [4.78, 5) is 14.9. The van der Waals surface area contributed by atoms with Crippen molar-refractivity contribution in [1.82, 2.24) is 10.3 Å². The van der Waals surface area contributed by atoms with E-state index in [2.05, 4.69) is 16.9 Å². The third kappa shape index (κ3) is 2.16. The quantitative estimate of drug-likeness (QED) is 0.725. The highest BCUT2D eigenvalue weighted by atomic mass is 32.1. The van der Waals surface area contributed by atoms with E-state index in [0.717, 1.165) is 0 Å². The number of thiazole rings is 1. The second kappa shape index (κ2) is 3.30. The van der Waals surface area contributed by atoms with Crippen LogP contribution in [0.4, 0.5) is 0 Å². The van der Waals surface area contributed by atoms with Crippen LogP contribution in [0.5, 0.6) is 0 Å². The minimum absolute atomic E-state index is 0.187. The topological polar surface area (TPSA) is 42.0 Å². The molecule has 11 heavy (non-hydrogen) atoms. The summed E-state index contributed by atoms with van der Waals surface area (Å²) in [5, 5.41) is 4.78. The van der Waals surface area contributed by atoms with Crippen LogP contribution in [0.2, 0.25) is 0 Å². The Morgan fingerprint density at radius 2 is 2.55 bits per heavy atom. The van der Waals surface area contributed by atoms with Crippen molar-refractivity contribution in [2.75, 3.05) is 0 Å². The summed E-state index contributed by atoms with van der Waals surface area (Å²) in [5.41, 5.74) is 0.630. The predicted octanol–water partition coefficient (Wildman–Crippen LogP) is 1.41. The maximum Gasteiger partial charge on any atom is 0.284 e. The number of hydrogen-bond donors (Lipinski definition) is 1. The highest BCUT2D eigenvalue weighted by Crippen LogP contribution is 2.03. The molecule has 1 amide bonds. The molecule has 0 unspecified atom stereocenters. The lowest BCUT2D eigenvalue weighted by atomic mass is 10.5. The maximum absolute atomic E-state index is 11.1. The zero-order valence-electron chi connectivity index (χ0n) is 6.13. The number of rotatable bonds is 2. The molecule has 0 aromatic carbocycles. The molecule has 0 aliphatic heterocycles. The van der Waals surface area contributed by atoms with Crippen molar-refractivity contribution < 1.29 is 4.79 Å². The molecule has 0 aliphatic rings. The third-order valence-corrected chi connectivity index (χ3v) is 1.73. The van der Waals surface area contributed by atoms with Gasteiger partial charge in [-0.2, -0.15) is 0 Å². The molecule has 0 saturated carbocycles. The lowest BCUT2D eigenvalue weighted by Gasteiger charge is -1.98. The molecule has 1 rings (SSSR count). The molecule has 0 bridgehead atoms. The number of allylic oxidation sites excluding steroid dienone is 1. The monoisotopic (exact) mass is 168 g/mol. The number of carbonyl (C=O) groups excluding carboxylic acids is 1. The van der Waals surface area contributed by atoms with E-state index in [4.69, 9.17) is 0 Å². The molecule has 0 radical (unpaired) electrons. The molecule has 4 heteroatoms. The van der Waals surface area contributed by atoms with E-state index >= 15 is 0 Å². The molecule has 58 valence electrons. The van der Waals surface area contributed by atoms with Gasteiger partial charge in [-0.15, -0.1) is 11.3 Å². The highest BCUT2D eigenvalue weighted by Gasteiger charge is 2.05. The van der Waals surface area contributed by atoms with Crippen LogP contribution in [-0.4, -0.2) is 10.9 Å². The molecule has 1 aromatic rings. The summed E-state index contributed by atoms with van der Waals surface area (Å²) in [6, 6.07) is 0. The van der Waals surface area contributed by atoms with Crippen LogP contribution in [0, 0.1) is 0 Å². The average Bonchev–Trinajstić information content (AvgIpc) is 2.35. The number of hydrogen-bond acceptors (Lipinski definition) is 3.